The zero-order valence-electron chi connectivity index (χ0n) is 8.45. The van der Waals surface area contributed by atoms with Gasteiger partial charge in [-0.1, -0.05) is 30.0 Å². The molecule has 0 spiro atoms. The molecule has 0 aliphatic rings. The average molecular weight is 209 g/mol. The van der Waals surface area contributed by atoms with Crippen molar-refractivity contribution in [1.82, 2.24) is 0 Å². The number of nitrogens with two attached hydrogens (primary N) is 1. The first-order valence-corrected chi connectivity index (χ1v) is 5.32. The van der Waals surface area contributed by atoms with Gasteiger partial charge in [-0.2, -0.15) is 0 Å². The predicted molar refractivity (Wildman–Crippen MR) is 64.0 cm³/mol. The van der Waals surface area contributed by atoms with Crippen molar-refractivity contribution in [3.8, 4) is 0 Å². The summed E-state index contributed by atoms with van der Waals surface area (Å²) in [7, 11) is 4.02. The van der Waals surface area contributed by atoms with E-state index >= 15 is 0 Å². The average Bonchev–Trinajstić information content (AvgIpc) is 2.15. The van der Waals surface area contributed by atoms with Crippen LogP contribution in [0, 0.1) is 5.41 Å². The molecule has 0 unspecified atom stereocenters. The molecule has 0 aromatic heterocycles. The second kappa shape index (κ2) is 4.91. The molecule has 0 saturated carbocycles. The molecule has 0 radical (unpaired) electrons. The van der Waals surface area contributed by atoms with Crippen molar-refractivity contribution in [3.63, 3.8) is 0 Å². The van der Waals surface area contributed by atoms with Crippen LogP contribution in [0.4, 0.5) is 5.69 Å². The maximum Gasteiger partial charge on any atom is 0.151 e. The third kappa shape index (κ3) is 2.96. The Morgan fingerprint density at radius 1 is 1.43 bits per heavy atom. The number of para-hydroxylation sites is 1. The molecule has 0 amide bonds. The van der Waals surface area contributed by atoms with Crippen LogP contribution in [0.25, 0.3) is 0 Å². The fourth-order valence-corrected chi connectivity index (χ4v) is 1.78. The number of hydrogen-bond acceptors (Lipinski definition) is 3. The first-order chi connectivity index (χ1) is 6.61. The van der Waals surface area contributed by atoms with E-state index in [-0.39, 0.29) is 5.17 Å². The van der Waals surface area contributed by atoms with E-state index in [1.807, 2.05) is 26.2 Å². The summed E-state index contributed by atoms with van der Waals surface area (Å²) in [5.74, 6) is 0.754. The van der Waals surface area contributed by atoms with Crippen LogP contribution in [0.5, 0.6) is 0 Å². The largest absolute Gasteiger partial charge is 0.379 e. The number of nitrogens with one attached hydrogen (secondary N) is 1. The molecule has 0 aliphatic heterocycles. The molecule has 4 heteroatoms. The molecule has 0 fully saturated rings. The van der Waals surface area contributed by atoms with Gasteiger partial charge in [-0.15, -0.1) is 0 Å². The summed E-state index contributed by atoms with van der Waals surface area (Å²) < 4.78 is 0. The fourth-order valence-electron chi connectivity index (χ4n) is 1.22. The van der Waals surface area contributed by atoms with Crippen molar-refractivity contribution in [2.45, 2.75) is 5.75 Å². The van der Waals surface area contributed by atoms with Gasteiger partial charge in [0.1, 0.15) is 0 Å². The Hall–Kier alpha value is -1.16. The Kier molecular flexibility index (Phi) is 3.83. The molecule has 3 nitrogen and oxygen atoms in total. The van der Waals surface area contributed by atoms with E-state index in [1.54, 1.807) is 0 Å². The minimum Gasteiger partial charge on any atom is -0.379 e. The van der Waals surface area contributed by atoms with Gasteiger partial charge >= 0.3 is 0 Å². The number of amidine groups is 1. The molecule has 14 heavy (non-hydrogen) atoms. The molecule has 1 aromatic carbocycles. The number of rotatable bonds is 3. The van der Waals surface area contributed by atoms with Crippen molar-refractivity contribution in [3.05, 3.63) is 29.8 Å². The lowest BCUT2D eigenvalue weighted by Crippen LogP contribution is -2.11. The van der Waals surface area contributed by atoms with E-state index in [1.165, 1.54) is 23.0 Å². The number of hydrogen-bond donors (Lipinski definition) is 2. The smallest absolute Gasteiger partial charge is 0.151 e. The molecule has 3 N–H and O–H groups in total. The van der Waals surface area contributed by atoms with Gasteiger partial charge < -0.3 is 10.6 Å². The summed E-state index contributed by atoms with van der Waals surface area (Å²) in [6.45, 7) is 0. The maximum atomic E-state index is 7.15. The zero-order chi connectivity index (χ0) is 10.6. The van der Waals surface area contributed by atoms with E-state index in [0.717, 1.165) is 5.75 Å². The highest BCUT2D eigenvalue weighted by Gasteiger charge is 2.03. The summed E-state index contributed by atoms with van der Waals surface area (Å²) in [5.41, 5.74) is 7.69. The molecule has 0 atom stereocenters. The Labute approximate surface area is 88.8 Å². The van der Waals surface area contributed by atoms with Crippen LogP contribution < -0.4 is 10.6 Å². The molecular formula is C10H15N3S. The number of benzene rings is 1. The first-order valence-electron chi connectivity index (χ1n) is 4.33. The van der Waals surface area contributed by atoms with Gasteiger partial charge in [0.25, 0.3) is 0 Å². The molecule has 1 rings (SSSR count). The van der Waals surface area contributed by atoms with Crippen LogP contribution in [0.3, 0.4) is 0 Å². The van der Waals surface area contributed by atoms with E-state index in [0.29, 0.717) is 0 Å². The van der Waals surface area contributed by atoms with Crippen molar-refractivity contribution in [2.24, 2.45) is 5.73 Å². The zero-order valence-corrected chi connectivity index (χ0v) is 9.27. The predicted octanol–water partition coefficient (Wildman–Crippen LogP) is 1.88. The Morgan fingerprint density at radius 2 is 2.07 bits per heavy atom. The maximum absolute atomic E-state index is 7.15. The number of anilines is 1. The second-order valence-corrected chi connectivity index (χ2v) is 4.19. The van der Waals surface area contributed by atoms with Gasteiger partial charge in [0, 0.05) is 25.5 Å². The van der Waals surface area contributed by atoms with Crippen LogP contribution in [0.2, 0.25) is 0 Å². The van der Waals surface area contributed by atoms with Crippen LogP contribution in [-0.4, -0.2) is 19.3 Å². The van der Waals surface area contributed by atoms with Crippen molar-refractivity contribution in [2.75, 3.05) is 19.0 Å². The van der Waals surface area contributed by atoms with Crippen molar-refractivity contribution >= 4 is 22.6 Å². The van der Waals surface area contributed by atoms with Gasteiger partial charge in [0.2, 0.25) is 0 Å². The molecule has 0 saturated heterocycles. The summed E-state index contributed by atoms with van der Waals surface area (Å²) in [6, 6.07) is 8.14. The van der Waals surface area contributed by atoms with Gasteiger partial charge in [-0.05, 0) is 11.6 Å². The number of thioether (sulfide) groups is 1. The van der Waals surface area contributed by atoms with E-state index in [2.05, 4.69) is 17.0 Å². The van der Waals surface area contributed by atoms with Crippen LogP contribution in [-0.2, 0) is 5.75 Å². The topological polar surface area (TPSA) is 53.1 Å². The highest BCUT2D eigenvalue weighted by Crippen LogP contribution is 2.22. The van der Waals surface area contributed by atoms with Crippen LogP contribution in [0.15, 0.2) is 24.3 Å². The summed E-state index contributed by atoms with van der Waals surface area (Å²) in [5, 5.41) is 7.31. The van der Waals surface area contributed by atoms with Gasteiger partial charge in [-0.3, -0.25) is 5.41 Å². The Balaban J connectivity index is 2.79. The molecule has 0 aliphatic carbocycles. The van der Waals surface area contributed by atoms with Crippen molar-refractivity contribution < 1.29 is 0 Å². The molecule has 76 valence electrons. The van der Waals surface area contributed by atoms with Crippen LogP contribution >= 0.6 is 11.8 Å². The number of nitrogens with zero attached hydrogens (tertiary/aromatic N) is 1. The van der Waals surface area contributed by atoms with E-state index < -0.39 is 0 Å². The molecule has 1 aromatic rings. The first kappa shape index (κ1) is 10.9. The van der Waals surface area contributed by atoms with Crippen molar-refractivity contribution in [1.29, 1.82) is 5.41 Å². The fraction of sp³-hybridized carbons (Fsp3) is 0.300. The van der Waals surface area contributed by atoms with Gasteiger partial charge in [0.15, 0.2) is 5.17 Å². The lowest BCUT2D eigenvalue weighted by Gasteiger charge is -2.16. The highest BCUT2D eigenvalue weighted by molar-refractivity contribution is 8.13. The van der Waals surface area contributed by atoms with Gasteiger partial charge in [-0.25, -0.2) is 0 Å². The monoisotopic (exact) mass is 209 g/mol. The van der Waals surface area contributed by atoms with Crippen LogP contribution in [0.1, 0.15) is 5.56 Å². The standard InChI is InChI=1S/C10H15N3S/c1-13(2)9-6-4-3-5-8(9)7-14-10(11)12/h3-6H,7H2,1-2H3,(H3,11,12). The third-order valence-electron chi connectivity index (χ3n) is 1.86. The lowest BCUT2D eigenvalue weighted by molar-refractivity contribution is 1.11. The third-order valence-corrected chi connectivity index (χ3v) is 2.62. The van der Waals surface area contributed by atoms with E-state index in [9.17, 15) is 0 Å². The minimum absolute atomic E-state index is 0.165. The normalized spacial score (nSPS) is 9.86. The summed E-state index contributed by atoms with van der Waals surface area (Å²) in [4.78, 5) is 2.07. The summed E-state index contributed by atoms with van der Waals surface area (Å²) in [6.07, 6.45) is 0. The SMILES string of the molecule is CN(C)c1ccccc1CSC(=N)N. The van der Waals surface area contributed by atoms with E-state index in [4.69, 9.17) is 11.1 Å². The van der Waals surface area contributed by atoms with Gasteiger partial charge in [0.05, 0.1) is 0 Å². The Bertz CT molecular complexity index is 323. The highest BCUT2D eigenvalue weighted by atomic mass is 32.2. The Morgan fingerprint density at radius 3 is 2.64 bits per heavy atom. The second-order valence-electron chi connectivity index (χ2n) is 3.18. The lowest BCUT2D eigenvalue weighted by atomic mass is 10.2. The minimum atomic E-state index is 0.165. The molecular weight excluding hydrogens is 194 g/mol. The quantitative estimate of drug-likeness (QED) is 0.590. The summed E-state index contributed by atoms with van der Waals surface area (Å²) >= 11 is 1.35. The molecule has 0 heterocycles. The molecule has 0 bridgehead atoms.